The van der Waals surface area contributed by atoms with Crippen LogP contribution in [0, 0.1) is 0 Å². The summed E-state index contributed by atoms with van der Waals surface area (Å²) in [7, 11) is 3.69. The second-order valence-electron chi connectivity index (χ2n) is 3.15. The number of rotatable bonds is 8. The fourth-order valence-corrected chi connectivity index (χ4v) is 1.35. The monoisotopic (exact) mass is 189 g/mol. The van der Waals surface area contributed by atoms with Gasteiger partial charge in [-0.2, -0.15) is 0 Å². The van der Waals surface area contributed by atoms with Crippen LogP contribution < -0.4 is 5.32 Å². The lowest BCUT2D eigenvalue weighted by Gasteiger charge is -2.24. The maximum absolute atomic E-state index is 5.48. The molecule has 0 rings (SSSR count). The predicted octanol–water partition coefficient (Wildman–Crippen LogP) is 1.43. The van der Waals surface area contributed by atoms with Gasteiger partial charge in [0.2, 0.25) is 0 Å². The fraction of sp³-hybridized carbons (Fsp3) is 1.00. The summed E-state index contributed by atoms with van der Waals surface area (Å²) in [6.07, 6.45) is 2.33. The van der Waals surface area contributed by atoms with E-state index in [0.29, 0.717) is 6.04 Å². The van der Waals surface area contributed by atoms with Crippen LogP contribution in [0.4, 0.5) is 0 Å². The molecule has 13 heavy (non-hydrogen) atoms. The Morgan fingerprint density at radius 1 is 1.31 bits per heavy atom. The molecule has 0 aliphatic heterocycles. The Morgan fingerprint density at radius 3 is 2.38 bits per heavy atom. The highest BCUT2D eigenvalue weighted by Crippen LogP contribution is 2.03. The minimum atomic E-state index is 0.252. The molecule has 0 saturated carbocycles. The van der Waals surface area contributed by atoms with Gasteiger partial charge in [-0.15, -0.1) is 0 Å². The van der Waals surface area contributed by atoms with Gasteiger partial charge < -0.3 is 14.8 Å². The van der Waals surface area contributed by atoms with E-state index in [0.717, 1.165) is 26.1 Å². The quantitative estimate of drug-likeness (QED) is 0.586. The Morgan fingerprint density at radius 2 is 2.00 bits per heavy atom. The molecule has 0 spiro atoms. The van der Waals surface area contributed by atoms with E-state index >= 15 is 0 Å². The van der Waals surface area contributed by atoms with E-state index in [9.17, 15) is 0 Å². The fourth-order valence-electron chi connectivity index (χ4n) is 1.35. The molecule has 0 amide bonds. The second-order valence-corrected chi connectivity index (χ2v) is 3.15. The van der Waals surface area contributed by atoms with Gasteiger partial charge >= 0.3 is 0 Å². The van der Waals surface area contributed by atoms with Crippen molar-refractivity contribution < 1.29 is 9.47 Å². The third kappa shape index (κ3) is 5.24. The van der Waals surface area contributed by atoms with Crippen molar-refractivity contribution in [3.05, 3.63) is 0 Å². The van der Waals surface area contributed by atoms with E-state index in [4.69, 9.17) is 9.47 Å². The van der Waals surface area contributed by atoms with Gasteiger partial charge in [0.1, 0.15) is 0 Å². The van der Waals surface area contributed by atoms with Crippen molar-refractivity contribution in [2.75, 3.05) is 27.4 Å². The topological polar surface area (TPSA) is 30.5 Å². The van der Waals surface area contributed by atoms with Crippen LogP contribution in [0.3, 0.4) is 0 Å². The number of likely N-dealkylation sites (N-methyl/N-ethyl adjacent to an activating group) is 1. The van der Waals surface area contributed by atoms with Gasteiger partial charge in [0.15, 0.2) is 0 Å². The van der Waals surface area contributed by atoms with Crippen LogP contribution in [-0.2, 0) is 9.47 Å². The highest BCUT2D eigenvalue weighted by Gasteiger charge is 2.17. The van der Waals surface area contributed by atoms with Crippen LogP contribution in [0.5, 0.6) is 0 Å². The highest BCUT2D eigenvalue weighted by atomic mass is 16.5. The molecule has 0 aliphatic rings. The molecule has 0 fully saturated rings. The van der Waals surface area contributed by atoms with E-state index in [-0.39, 0.29) is 6.10 Å². The van der Waals surface area contributed by atoms with Gasteiger partial charge in [-0.25, -0.2) is 0 Å². The van der Waals surface area contributed by atoms with Gasteiger partial charge in [-0.3, -0.25) is 0 Å². The maximum Gasteiger partial charge on any atom is 0.0744 e. The predicted molar refractivity (Wildman–Crippen MR) is 55.0 cm³/mol. The van der Waals surface area contributed by atoms with Crippen LogP contribution in [0.1, 0.15) is 26.7 Å². The first-order valence-electron chi connectivity index (χ1n) is 5.07. The van der Waals surface area contributed by atoms with Crippen LogP contribution in [0.2, 0.25) is 0 Å². The Kier molecular flexibility index (Phi) is 8.40. The maximum atomic E-state index is 5.48. The zero-order valence-corrected chi connectivity index (χ0v) is 9.30. The molecular weight excluding hydrogens is 166 g/mol. The third-order valence-corrected chi connectivity index (χ3v) is 2.17. The van der Waals surface area contributed by atoms with Gasteiger partial charge in [-0.1, -0.05) is 13.8 Å². The van der Waals surface area contributed by atoms with E-state index in [1.54, 1.807) is 7.11 Å². The first-order valence-corrected chi connectivity index (χ1v) is 5.07. The number of hydrogen-bond donors (Lipinski definition) is 1. The first-order chi connectivity index (χ1) is 6.29. The summed E-state index contributed by atoms with van der Waals surface area (Å²) in [5.41, 5.74) is 0. The molecule has 2 unspecified atom stereocenters. The molecule has 0 bridgehead atoms. The molecule has 2 atom stereocenters. The standard InChI is InChI=1S/C10H23NO2/c1-5-7-13-8-9(11-3)10(6-2)12-4/h9-11H,5-8H2,1-4H3. The summed E-state index contributed by atoms with van der Waals surface area (Å²) in [4.78, 5) is 0. The molecule has 0 aromatic carbocycles. The van der Waals surface area contributed by atoms with E-state index < -0.39 is 0 Å². The average molecular weight is 189 g/mol. The number of hydrogen-bond acceptors (Lipinski definition) is 3. The lowest BCUT2D eigenvalue weighted by atomic mass is 10.1. The molecule has 3 nitrogen and oxygen atoms in total. The lowest BCUT2D eigenvalue weighted by molar-refractivity contribution is 0.0220. The van der Waals surface area contributed by atoms with Gasteiger partial charge in [-0.05, 0) is 19.9 Å². The summed E-state index contributed by atoms with van der Waals surface area (Å²) in [5, 5.41) is 3.21. The Balaban J connectivity index is 3.71. The van der Waals surface area contributed by atoms with E-state index in [2.05, 4.69) is 19.2 Å². The minimum Gasteiger partial charge on any atom is -0.380 e. The van der Waals surface area contributed by atoms with Crippen LogP contribution >= 0.6 is 0 Å². The van der Waals surface area contributed by atoms with Gasteiger partial charge in [0, 0.05) is 13.7 Å². The summed E-state index contributed by atoms with van der Waals surface area (Å²) < 4.78 is 10.8. The molecule has 0 aromatic heterocycles. The Labute approximate surface area is 81.8 Å². The largest absolute Gasteiger partial charge is 0.380 e. The average Bonchev–Trinajstić information content (AvgIpc) is 2.17. The zero-order valence-electron chi connectivity index (χ0n) is 9.30. The first kappa shape index (κ1) is 12.9. The van der Waals surface area contributed by atoms with Crippen molar-refractivity contribution in [1.82, 2.24) is 5.32 Å². The van der Waals surface area contributed by atoms with Gasteiger partial charge in [0.25, 0.3) is 0 Å². The zero-order chi connectivity index (χ0) is 10.1. The molecule has 0 saturated heterocycles. The normalized spacial score (nSPS) is 15.7. The molecule has 3 heteroatoms. The van der Waals surface area contributed by atoms with Crippen molar-refractivity contribution in [2.45, 2.75) is 38.8 Å². The molecule has 0 radical (unpaired) electrons. The highest BCUT2D eigenvalue weighted by molar-refractivity contribution is 4.73. The minimum absolute atomic E-state index is 0.252. The second kappa shape index (κ2) is 8.48. The van der Waals surface area contributed by atoms with Crippen LogP contribution in [0.15, 0.2) is 0 Å². The molecule has 1 N–H and O–H groups in total. The summed E-state index contributed by atoms with van der Waals surface area (Å²) in [6, 6.07) is 0.307. The summed E-state index contributed by atoms with van der Waals surface area (Å²) in [5.74, 6) is 0. The third-order valence-electron chi connectivity index (χ3n) is 2.17. The molecule has 0 aliphatic carbocycles. The van der Waals surface area contributed by atoms with Gasteiger partial charge in [0.05, 0.1) is 18.8 Å². The summed E-state index contributed by atoms with van der Waals surface area (Å²) in [6.45, 7) is 5.80. The lowest BCUT2D eigenvalue weighted by Crippen LogP contribution is -2.42. The van der Waals surface area contributed by atoms with E-state index in [1.807, 2.05) is 7.05 Å². The van der Waals surface area contributed by atoms with Crippen LogP contribution in [-0.4, -0.2) is 39.5 Å². The molecule has 0 heterocycles. The van der Waals surface area contributed by atoms with Crippen molar-refractivity contribution in [1.29, 1.82) is 0 Å². The summed E-state index contributed by atoms with van der Waals surface area (Å²) >= 11 is 0. The van der Waals surface area contributed by atoms with Crippen molar-refractivity contribution in [3.8, 4) is 0 Å². The Hall–Kier alpha value is -0.120. The number of ether oxygens (including phenoxy) is 2. The van der Waals surface area contributed by atoms with Crippen molar-refractivity contribution in [3.63, 3.8) is 0 Å². The SMILES string of the molecule is CCCOCC(NC)C(CC)OC. The molecule has 0 aromatic rings. The molecular formula is C10H23NO2. The molecule has 80 valence electrons. The smallest absolute Gasteiger partial charge is 0.0744 e. The van der Waals surface area contributed by atoms with E-state index in [1.165, 1.54) is 0 Å². The van der Waals surface area contributed by atoms with Crippen molar-refractivity contribution >= 4 is 0 Å². The van der Waals surface area contributed by atoms with Crippen LogP contribution in [0.25, 0.3) is 0 Å². The Bertz CT molecular complexity index is 105. The van der Waals surface area contributed by atoms with Crippen molar-refractivity contribution in [2.24, 2.45) is 0 Å². The number of methoxy groups -OCH3 is 1. The number of nitrogens with one attached hydrogen (secondary N) is 1.